The van der Waals surface area contributed by atoms with Crippen LogP contribution in [0.25, 0.3) is 16.9 Å². The zero-order valence-electron chi connectivity index (χ0n) is 14.1. The van der Waals surface area contributed by atoms with E-state index in [9.17, 15) is 14.0 Å². The molecule has 0 bridgehead atoms. The summed E-state index contributed by atoms with van der Waals surface area (Å²) in [5.41, 5.74) is 2.22. The zero-order valence-corrected chi connectivity index (χ0v) is 14.1. The molecule has 0 fully saturated rings. The van der Waals surface area contributed by atoms with Crippen LogP contribution in [-0.2, 0) is 18.4 Å². The highest BCUT2D eigenvalue weighted by Crippen LogP contribution is 2.22. The summed E-state index contributed by atoms with van der Waals surface area (Å²) >= 11 is 0. The summed E-state index contributed by atoms with van der Waals surface area (Å²) in [5.74, 6) is -0.713. The lowest BCUT2D eigenvalue weighted by Gasteiger charge is -2.13. The molecule has 2 aromatic heterocycles. The van der Waals surface area contributed by atoms with E-state index in [4.69, 9.17) is 0 Å². The Balaban J connectivity index is 2.11. The highest BCUT2D eigenvalue weighted by molar-refractivity contribution is 5.86. The van der Waals surface area contributed by atoms with Crippen molar-refractivity contribution in [2.45, 2.75) is 6.54 Å². The van der Waals surface area contributed by atoms with Gasteiger partial charge in [-0.2, -0.15) is 5.10 Å². The summed E-state index contributed by atoms with van der Waals surface area (Å²) in [6, 6.07) is 8.89. The molecule has 7 heteroatoms. The first-order valence-electron chi connectivity index (χ1n) is 7.90. The zero-order chi connectivity index (χ0) is 18.7. The SMILES string of the molecule is C=CC(=O)NCc1cc(=O)n(-c2ccc(F)cc2)cc1-c1ccn(C)n1. The fourth-order valence-corrected chi connectivity index (χ4v) is 2.57. The van der Waals surface area contributed by atoms with Crippen molar-refractivity contribution < 1.29 is 9.18 Å². The number of rotatable bonds is 5. The first-order valence-corrected chi connectivity index (χ1v) is 7.90. The molecule has 0 aliphatic carbocycles. The number of carbonyl (C=O) groups is 1. The Labute approximate surface area is 149 Å². The average molecular weight is 352 g/mol. The molecule has 0 unspecified atom stereocenters. The molecule has 6 nitrogen and oxygen atoms in total. The van der Waals surface area contributed by atoms with Crippen LogP contribution in [0, 0.1) is 5.82 Å². The van der Waals surface area contributed by atoms with Crippen molar-refractivity contribution in [2.75, 3.05) is 0 Å². The van der Waals surface area contributed by atoms with Gasteiger partial charge in [-0.05, 0) is 42.0 Å². The second-order valence-corrected chi connectivity index (χ2v) is 5.69. The van der Waals surface area contributed by atoms with Crippen molar-refractivity contribution in [3.8, 4) is 16.9 Å². The third-order valence-corrected chi connectivity index (χ3v) is 3.87. The van der Waals surface area contributed by atoms with Gasteiger partial charge < -0.3 is 5.32 Å². The first kappa shape index (κ1) is 17.3. The van der Waals surface area contributed by atoms with Crippen molar-refractivity contribution in [1.82, 2.24) is 19.7 Å². The molecule has 0 saturated carbocycles. The van der Waals surface area contributed by atoms with Gasteiger partial charge in [0.2, 0.25) is 5.91 Å². The largest absolute Gasteiger partial charge is 0.348 e. The van der Waals surface area contributed by atoms with Gasteiger partial charge in [0, 0.05) is 43.3 Å². The van der Waals surface area contributed by atoms with E-state index in [1.165, 1.54) is 41.0 Å². The van der Waals surface area contributed by atoms with Gasteiger partial charge in [0.25, 0.3) is 5.56 Å². The van der Waals surface area contributed by atoms with Crippen LogP contribution in [0.1, 0.15) is 5.56 Å². The maximum atomic E-state index is 13.2. The van der Waals surface area contributed by atoms with Gasteiger partial charge in [-0.1, -0.05) is 6.58 Å². The van der Waals surface area contributed by atoms with Crippen LogP contribution in [-0.4, -0.2) is 20.3 Å². The van der Waals surface area contributed by atoms with Crippen molar-refractivity contribution in [3.05, 3.63) is 83.2 Å². The van der Waals surface area contributed by atoms with E-state index in [-0.39, 0.29) is 23.8 Å². The van der Waals surface area contributed by atoms with E-state index < -0.39 is 0 Å². The molecule has 3 rings (SSSR count). The smallest absolute Gasteiger partial charge is 0.255 e. The highest BCUT2D eigenvalue weighted by Gasteiger charge is 2.13. The molecule has 26 heavy (non-hydrogen) atoms. The number of pyridine rings is 1. The van der Waals surface area contributed by atoms with E-state index in [1.54, 1.807) is 24.1 Å². The monoisotopic (exact) mass is 352 g/mol. The predicted molar refractivity (Wildman–Crippen MR) is 96.2 cm³/mol. The molecule has 1 N–H and O–H groups in total. The minimum absolute atomic E-state index is 0.163. The first-order chi connectivity index (χ1) is 12.5. The third kappa shape index (κ3) is 3.61. The fourth-order valence-electron chi connectivity index (χ4n) is 2.57. The van der Waals surface area contributed by atoms with Crippen molar-refractivity contribution in [2.24, 2.45) is 7.05 Å². The minimum atomic E-state index is -0.379. The summed E-state index contributed by atoms with van der Waals surface area (Å²) in [5, 5.41) is 7.05. The second kappa shape index (κ2) is 7.18. The maximum absolute atomic E-state index is 13.2. The molecule has 1 amide bonds. The Kier molecular flexibility index (Phi) is 4.79. The molecule has 1 aromatic carbocycles. The quantitative estimate of drug-likeness (QED) is 0.716. The lowest BCUT2D eigenvalue weighted by Crippen LogP contribution is -2.24. The van der Waals surface area contributed by atoms with Gasteiger partial charge in [0.05, 0.1) is 5.69 Å². The Morgan fingerprint density at radius 2 is 2.04 bits per heavy atom. The van der Waals surface area contributed by atoms with Crippen molar-refractivity contribution >= 4 is 5.91 Å². The normalized spacial score (nSPS) is 10.5. The Hall–Kier alpha value is -3.48. The van der Waals surface area contributed by atoms with Gasteiger partial charge in [0.15, 0.2) is 0 Å². The lowest BCUT2D eigenvalue weighted by molar-refractivity contribution is -0.116. The van der Waals surface area contributed by atoms with Crippen LogP contribution in [0.2, 0.25) is 0 Å². The second-order valence-electron chi connectivity index (χ2n) is 5.69. The Morgan fingerprint density at radius 1 is 1.31 bits per heavy atom. The Morgan fingerprint density at radius 3 is 2.65 bits per heavy atom. The van der Waals surface area contributed by atoms with Crippen LogP contribution in [0.4, 0.5) is 4.39 Å². The molecule has 2 heterocycles. The number of amides is 1. The van der Waals surface area contributed by atoms with Gasteiger partial charge in [-0.25, -0.2) is 4.39 Å². The maximum Gasteiger partial charge on any atom is 0.255 e. The molecule has 0 aliphatic heterocycles. The summed E-state index contributed by atoms with van der Waals surface area (Å²) in [6.45, 7) is 3.57. The molecule has 0 radical (unpaired) electrons. The van der Waals surface area contributed by atoms with Crippen LogP contribution in [0.3, 0.4) is 0 Å². The van der Waals surface area contributed by atoms with Gasteiger partial charge in [-0.3, -0.25) is 18.8 Å². The van der Waals surface area contributed by atoms with E-state index in [0.717, 1.165) is 0 Å². The van der Waals surface area contributed by atoms with Gasteiger partial charge in [0.1, 0.15) is 5.82 Å². The van der Waals surface area contributed by atoms with Crippen LogP contribution < -0.4 is 10.9 Å². The van der Waals surface area contributed by atoms with E-state index in [2.05, 4.69) is 17.0 Å². The molecule has 132 valence electrons. The number of hydrogen-bond acceptors (Lipinski definition) is 3. The Bertz CT molecular complexity index is 1020. The summed E-state index contributed by atoms with van der Waals surface area (Å²) in [6.07, 6.45) is 4.60. The fraction of sp³-hybridized carbons (Fsp3) is 0.105. The van der Waals surface area contributed by atoms with Crippen LogP contribution >= 0.6 is 0 Å². The number of benzene rings is 1. The summed E-state index contributed by atoms with van der Waals surface area (Å²) < 4.78 is 16.2. The number of halogens is 1. The van der Waals surface area contributed by atoms with Gasteiger partial charge >= 0.3 is 0 Å². The number of carbonyl (C=O) groups excluding carboxylic acids is 1. The molecule has 0 atom stereocenters. The highest BCUT2D eigenvalue weighted by atomic mass is 19.1. The number of hydrogen-bond donors (Lipinski definition) is 1. The molecular weight excluding hydrogens is 335 g/mol. The van der Waals surface area contributed by atoms with Crippen LogP contribution in [0.15, 0.2) is 66.2 Å². The predicted octanol–water partition coefficient (Wildman–Crippen LogP) is 2.18. The number of aromatic nitrogens is 3. The summed E-state index contributed by atoms with van der Waals surface area (Å²) in [4.78, 5) is 24.0. The molecular formula is C19H17FN4O2. The van der Waals surface area contributed by atoms with E-state index >= 15 is 0 Å². The summed E-state index contributed by atoms with van der Waals surface area (Å²) in [7, 11) is 1.79. The van der Waals surface area contributed by atoms with Gasteiger partial charge in [-0.15, -0.1) is 0 Å². The van der Waals surface area contributed by atoms with E-state index in [0.29, 0.717) is 22.5 Å². The standard InChI is InChI=1S/C19H17FN4O2/c1-3-18(25)21-11-13-10-19(26)24(15-6-4-14(20)5-7-15)12-16(13)17-8-9-23(2)22-17/h3-10,12H,1,11H2,2H3,(H,21,25). The molecule has 0 spiro atoms. The third-order valence-electron chi connectivity index (χ3n) is 3.87. The number of nitrogens with one attached hydrogen (secondary N) is 1. The number of aryl methyl sites for hydroxylation is 1. The van der Waals surface area contributed by atoms with Crippen LogP contribution in [0.5, 0.6) is 0 Å². The van der Waals surface area contributed by atoms with Crippen molar-refractivity contribution in [3.63, 3.8) is 0 Å². The topological polar surface area (TPSA) is 68.9 Å². The minimum Gasteiger partial charge on any atom is -0.348 e. The van der Waals surface area contributed by atoms with E-state index in [1.807, 2.05) is 6.07 Å². The average Bonchev–Trinajstić information content (AvgIpc) is 3.06. The molecule has 0 aliphatic rings. The van der Waals surface area contributed by atoms with Crippen molar-refractivity contribution in [1.29, 1.82) is 0 Å². The lowest BCUT2D eigenvalue weighted by atomic mass is 10.1. The molecule has 0 saturated heterocycles. The number of nitrogens with zero attached hydrogens (tertiary/aromatic N) is 3. The molecule has 3 aromatic rings.